The lowest BCUT2D eigenvalue weighted by atomic mass is 10.3. The number of halogens is 1. The van der Waals surface area contributed by atoms with E-state index < -0.39 is 0 Å². The highest BCUT2D eigenvalue weighted by Gasteiger charge is 2.14. The molecule has 104 valence electrons. The molecule has 0 radical (unpaired) electrons. The van der Waals surface area contributed by atoms with Crippen LogP contribution in [-0.2, 0) is 6.54 Å². The number of nitrogens with two attached hydrogens (primary N) is 1. The highest BCUT2D eigenvalue weighted by atomic mass is 35.5. The van der Waals surface area contributed by atoms with E-state index in [1.54, 1.807) is 6.20 Å². The van der Waals surface area contributed by atoms with E-state index in [-0.39, 0.29) is 0 Å². The SMILES string of the molecule is NCc1ccnc(Sc2ccc3c(c2)OCCO3)c1Cl. The molecule has 4 nitrogen and oxygen atoms in total. The molecule has 2 heterocycles. The largest absolute Gasteiger partial charge is 0.486 e. The zero-order chi connectivity index (χ0) is 13.9. The van der Waals surface area contributed by atoms with Crippen molar-refractivity contribution >= 4 is 23.4 Å². The molecular weight excluding hydrogens is 296 g/mol. The minimum atomic E-state index is 0.399. The Bertz CT molecular complexity index is 637. The number of fused-ring (bicyclic) bond motifs is 1. The number of benzene rings is 1. The molecule has 0 bridgehead atoms. The van der Waals surface area contributed by atoms with E-state index in [0.717, 1.165) is 27.0 Å². The van der Waals surface area contributed by atoms with Crippen LogP contribution in [0.25, 0.3) is 0 Å². The van der Waals surface area contributed by atoms with Gasteiger partial charge in [-0.25, -0.2) is 4.98 Å². The number of hydrogen-bond acceptors (Lipinski definition) is 5. The Morgan fingerprint density at radius 2 is 2.00 bits per heavy atom. The number of hydrogen-bond donors (Lipinski definition) is 1. The number of rotatable bonds is 3. The van der Waals surface area contributed by atoms with E-state index in [1.165, 1.54) is 11.8 Å². The maximum absolute atomic E-state index is 6.28. The van der Waals surface area contributed by atoms with Crippen molar-refractivity contribution in [1.29, 1.82) is 0 Å². The highest BCUT2D eigenvalue weighted by Crippen LogP contribution is 2.38. The van der Waals surface area contributed by atoms with Crippen molar-refractivity contribution in [2.45, 2.75) is 16.5 Å². The van der Waals surface area contributed by atoms with E-state index in [1.807, 2.05) is 24.3 Å². The minimum absolute atomic E-state index is 0.399. The molecule has 1 aliphatic heterocycles. The van der Waals surface area contributed by atoms with Gasteiger partial charge in [-0.3, -0.25) is 0 Å². The summed E-state index contributed by atoms with van der Waals surface area (Å²) in [6, 6.07) is 7.63. The molecule has 1 aromatic heterocycles. The van der Waals surface area contributed by atoms with Gasteiger partial charge >= 0.3 is 0 Å². The van der Waals surface area contributed by atoms with Gasteiger partial charge < -0.3 is 15.2 Å². The Balaban J connectivity index is 1.88. The summed E-state index contributed by atoms with van der Waals surface area (Å²) in [5, 5.41) is 1.35. The highest BCUT2D eigenvalue weighted by molar-refractivity contribution is 7.99. The fourth-order valence-electron chi connectivity index (χ4n) is 1.89. The first kappa shape index (κ1) is 13.5. The summed E-state index contributed by atoms with van der Waals surface area (Å²) >= 11 is 7.77. The van der Waals surface area contributed by atoms with E-state index in [4.69, 9.17) is 26.8 Å². The molecule has 0 amide bonds. The first-order valence-corrected chi connectivity index (χ1v) is 7.38. The zero-order valence-electron chi connectivity index (χ0n) is 10.6. The van der Waals surface area contributed by atoms with Gasteiger partial charge in [-0.05, 0) is 29.8 Å². The molecule has 20 heavy (non-hydrogen) atoms. The summed E-state index contributed by atoms with van der Waals surface area (Å²) in [6.45, 7) is 1.56. The fraction of sp³-hybridized carbons (Fsp3) is 0.214. The predicted octanol–water partition coefficient (Wildman–Crippen LogP) is 3.12. The summed E-state index contributed by atoms with van der Waals surface area (Å²) in [5.41, 5.74) is 6.54. The molecule has 0 aliphatic carbocycles. The molecule has 2 N–H and O–H groups in total. The zero-order valence-corrected chi connectivity index (χ0v) is 12.2. The quantitative estimate of drug-likeness (QED) is 0.944. The van der Waals surface area contributed by atoms with E-state index in [9.17, 15) is 0 Å². The minimum Gasteiger partial charge on any atom is -0.486 e. The second-order valence-electron chi connectivity index (χ2n) is 4.20. The van der Waals surface area contributed by atoms with Gasteiger partial charge in [0.25, 0.3) is 0 Å². The second-order valence-corrected chi connectivity index (χ2v) is 5.64. The van der Waals surface area contributed by atoms with Gasteiger partial charge in [0.05, 0.1) is 5.02 Å². The standard InChI is InChI=1S/C14H13ClN2O2S/c15-13-9(8-16)3-4-17-14(13)20-10-1-2-11-12(7-10)19-6-5-18-11/h1-4,7H,5-6,8,16H2. The average Bonchev–Trinajstić information content (AvgIpc) is 2.49. The van der Waals surface area contributed by atoms with Crippen LogP contribution in [0, 0.1) is 0 Å². The van der Waals surface area contributed by atoms with Crippen LogP contribution in [0.2, 0.25) is 5.02 Å². The van der Waals surface area contributed by atoms with E-state index in [2.05, 4.69) is 4.98 Å². The lowest BCUT2D eigenvalue weighted by Crippen LogP contribution is -2.15. The molecule has 6 heteroatoms. The number of ether oxygens (including phenoxy) is 2. The van der Waals surface area contributed by atoms with E-state index in [0.29, 0.717) is 24.8 Å². The van der Waals surface area contributed by atoms with Crippen LogP contribution in [-0.4, -0.2) is 18.2 Å². The van der Waals surface area contributed by atoms with Gasteiger partial charge in [-0.2, -0.15) is 0 Å². The van der Waals surface area contributed by atoms with E-state index >= 15 is 0 Å². The predicted molar refractivity (Wildman–Crippen MR) is 78.7 cm³/mol. The summed E-state index contributed by atoms with van der Waals surface area (Å²) in [7, 11) is 0. The van der Waals surface area contributed by atoms with Crippen molar-refractivity contribution in [2.75, 3.05) is 13.2 Å². The Morgan fingerprint density at radius 1 is 1.20 bits per heavy atom. The van der Waals surface area contributed by atoms with Gasteiger partial charge in [-0.15, -0.1) is 0 Å². The molecule has 0 unspecified atom stereocenters. The van der Waals surface area contributed by atoms with Gasteiger partial charge in [0.2, 0.25) is 0 Å². The summed E-state index contributed by atoms with van der Waals surface area (Å²) in [6.07, 6.45) is 1.72. The van der Waals surface area contributed by atoms with Crippen LogP contribution in [0.3, 0.4) is 0 Å². The maximum Gasteiger partial charge on any atom is 0.162 e. The molecule has 1 aliphatic rings. The molecular formula is C14H13ClN2O2S. The first-order chi connectivity index (χ1) is 9.78. The Morgan fingerprint density at radius 3 is 2.80 bits per heavy atom. The summed E-state index contributed by atoms with van der Waals surface area (Å²) in [5.74, 6) is 1.53. The van der Waals surface area contributed by atoms with Gasteiger partial charge in [0.15, 0.2) is 11.5 Å². The van der Waals surface area contributed by atoms with Crippen LogP contribution < -0.4 is 15.2 Å². The fourth-order valence-corrected chi connectivity index (χ4v) is 3.05. The van der Waals surface area contributed by atoms with Crippen molar-refractivity contribution in [2.24, 2.45) is 5.73 Å². The van der Waals surface area contributed by atoms with Crippen molar-refractivity contribution in [3.05, 3.63) is 41.0 Å². The molecule has 0 saturated heterocycles. The van der Waals surface area contributed by atoms with Crippen LogP contribution in [0.5, 0.6) is 11.5 Å². The van der Waals surface area contributed by atoms with Crippen LogP contribution >= 0.6 is 23.4 Å². The molecule has 0 atom stereocenters. The number of aromatic nitrogens is 1. The first-order valence-electron chi connectivity index (χ1n) is 6.19. The van der Waals surface area contributed by atoms with Crippen molar-refractivity contribution in [3.63, 3.8) is 0 Å². The van der Waals surface area contributed by atoms with Crippen molar-refractivity contribution in [1.82, 2.24) is 4.98 Å². The number of pyridine rings is 1. The third-order valence-electron chi connectivity index (χ3n) is 2.89. The monoisotopic (exact) mass is 308 g/mol. The van der Waals surface area contributed by atoms with Crippen LogP contribution in [0.15, 0.2) is 40.4 Å². The van der Waals surface area contributed by atoms with Crippen molar-refractivity contribution < 1.29 is 9.47 Å². The Kier molecular flexibility index (Phi) is 4.00. The van der Waals surface area contributed by atoms with Gasteiger partial charge in [0, 0.05) is 17.6 Å². The molecule has 3 rings (SSSR count). The van der Waals surface area contributed by atoms with Gasteiger partial charge in [0.1, 0.15) is 18.2 Å². The maximum atomic E-state index is 6.28. The molecule has 1 aromatic carbocycles. The Labute approximate surface area is 126 Å². The molecule has 0 saturated carbocycles. The topological polar surface area (TPSA) is 57.4 Å². The summed E-state index contributed by atoms with van der Waals surface area (Å²) < 4.78 is 11.1. The van der Waals surface area contributed by atoms with Gasteiger partial charge in [-0.1, -0.05) is 23.4 Å². The normalized spacial score (nSPS) is 13.3. The molecule has 2 aromatic rings. The Hall–Kier alpha value is -1.43. The number of nitrogens with zero attached hydrogens (tertiary/aromatic N) is 1. The van der Waals surface area contributed by atoms with Crippen molar-refractivity contribution in [3.8, 4) is 11.5 Å². The molecule has 0 spiro atoms. The summed E-state index contributed by atoms with van der Waals surface area (Å²) in [4.78, 5) is 5.30. The lowest BCUT2D eigenvalue weighted by Gasteiger charge is -2.18. The van der Waals surface area contributed by atoms with Crippen LogP contribution in [0.1, 0.15) is 5.56 Å². The third-order valence-corrected chi connectivity index (χ3v) is 4.41. The average molecular weight is 309 g/mol. The smallest absolute Gasteiger partial charge is 0.162 e. The third kappa shape index (κ3) is 2.70. The second kappa shape index (κ2) is 5.91. The lowest BCUT2D eigenvalue weighted by molar-refractivity contribution is 0.171. The van der Waals surface area contributed by atoms with Crippen LogP contribution in [0.4, 0.5) is 0 Å². The molecule has 0 fully saturated rings.